The summed E-state index contributed by atoms with van der Waals surface area (Å²) in [6.07, 6.45) is 4.60. The van der Waals surface area contributed by atoms with Crippen molar-refractivity contribution in [2.75, 3.05) is 5.73 Å². The van der Waals surface area contributed by atoms with Gasteiger partial charge in [-0.25, -0.2) is 14.6 Å². The number of nitrogen functional groups attached to an aromatic ring is 1. The highest BCUT2D eigenvalue weighted by Gasteiger charge is 2.07. The summed E-state index contributed by atoms with van der Waals surface area (Å²) < 4.78 is 1.54. The predicted octanol–water partition coefficient (Wildman–Crippen LogP) is 1.21. The fourth-order valence-electron chi connectivity index (χ4n) is 1.07. The number of hydrogen-bond donors (Lipinski definition) is 1. The molecule has 0 radical (unpaired) electrons. The van der Waals surface area contributed by atoms with Crippen LogP contribution in [0, 0.1) is 6.92 Å². The highest BCUT2D eigenvalue weighted by Crippen LogP contribution is 2.17. The normalized spacial score (nSPS) is 10.4. The molecule has 0 aliphatic rings. The van der Waals surface area contributed by atoms with Crippen molar-refractivity contribution in [2.24, 2.45) is 0 Å². The summed E-state index contributed by atoms with van der Waals surface area (Å²) in [5.41, 5.74) is 6.89. The van der Waals surface area contributed by atoms with Crippen molar-refractivity contribution in [1.82, 2.24) is 19.7 Å². The molecule has 0 aromatic carbocycles. The molecule has 0 unspecified atom stereocenters. The van der Waals surface area contributed by atoms with Crippen LogP contribution < -0.4 is 5.73 Å². The lowest BCUT2D eigenvalue weighted by Gasteiger charge is -2.01. The van der Waals surface area contributed by atoms with Crippen molar-refractivity contribution in [3.63, 3.8) is 0 Å². The van der Waals surface area contributed by atoms with Crippen LogP contribution in [-0.2, 0) is 0 Å². The molecular formula is C8H8ClN5. The quantitative estimate of drug-likeness (QED) is 0.767. The second-order valence-electron chi connectivity index (χ2n) is 2.81. The Kier molecular flexibility index (Phi) is 2.09. The van der Waals surface area contributed by atoms with E-state index in [4.69, 9.17) is 17.3 Å². The molecule has 0 fully saturated rings. The van der Waals surface area contributed by atoms with E-state index in [0.717, 1.165) is 5.69 Å². The summed E-state index contributed by atoms with van der Waals surface area (Å²) in [4.78, 5) is 7.80. The number of aromatic nitrogens is 4. The van der Waals surface area contributed by atoms with Crippen molar-refractivity contribution < 1.29 is 0 Å². The first-order chi connectivity index (χ1) is 6.68. The highest BCUT2D eigenvalue weighted by atomic mass is 35.5. The smallest absolute Gasteiger partial charge is 0.179 e. The Labute approximate surface area is 85.5 Å². The first kappa shape index (κ1) is 8.96. The zero-order valence-electron chi connectivity index (χ0n) is 7.48. The Balaban J connectivity index is 2.55. The van der Waals surface area contributed by atoms with Crippen LogP contribution in [0.2, 0.25) is 5.02 Å². The minimum Gasteiger partial charge on any atom is -0.394 e. The molecule has 0 aliphatic carbocycles. The second kappa shape index (κ2) is 3.26. The highest BCUT2D eigenvalue weighted by molar-refractivity contribution is 6.31. The summed E-state index contributed by atoms with van der Waals surface area (Å²) in [6.45, 7) is 1.82. The second-order valence-corrected chi connectivity index (χ2v) is 3.22. The predicted molar refractivity (Wildman–Crippen MR) is 53.3 cm³/mol. The molecule has 2 heterocycles. The maximum absolute atomic E-state index is 5.86. The SMILES string of the molecule is Cc1nn(-c2ncncc2N)cc1Cl. The summed E-state index contributed by atoms with van der Waals surface area (Å²) in [5.74, 6) is 0.537. The van der Waals surface area contributed by atoms with E-state index in [-0.39, 0.29) is 0 Å². The Hall–Kier alpha value is -1.62. The number of hydrogen-bond acceptors (Lipinski definition) is 4. The Morgan fingerprint density at radius 3 is 2.86 bits per heavy atom. The molecule has 0 amide bonds. The molecule has 6 heteroatoms. The zero-order valence-corrected chi connectivity index (χ0v) is 8.23. The molecule has 0 spiro atoms. The van der Waals surface area contributed by atoms with Gasteiger partial charge in [-0.15, -0.1) is 0 Å². The minimum atomic E-state index is 0.465. The van der Waals surface area contributed by atoms with E-state index in [0.29, 0.717) is 16.5 Å². The maximum Gasteiger partial charge on any atom is 0.179 e. The average Bonchev–Trinajstić information content (AvgIpc) is 2.48. The number of rotatable bonds is 1. The van der Waals surface area contributed by atoms with E-state index >= 15 is 0 Å². The largest absolute Gasteiger partial charge is 0.394 e. The third kappa shape index (κ3) is 1.42. The van der Waals surface area contributed by atoms with Crippen LogP contribution in [0.25, 0.3) is 5.82 Å². The van der Waals surface area contributed by atoms with Crippen molar-refractivity contribution in [2.45, 2.75) is 6.92 Å². The molecule has 0 saturated carbocycles. The molecule has 2 aromatic heterocycles. The average molecular weight is 210 g/mol. The van der Waals surface area contributed by atoms with Gasteiger partial charge in [0.2, 0.25) is 0 Å². The van der Waals surface area contributed by atoms with Gasteiger partial charge in [-0.2, -0.15) is 5.10 Å². The van der Waals surface area contributed by atoms with Crippen LogP contribution >= 0.6 is 11.6 Å². The lowest BCUT2D eigenvalue weighted by atomic mass is 10.5. The fourth-order valence-corrected chi connectivity index (χ4v) is 1.20. The van der Waals surface area contributed by atoms with Crippen molar-refractivity contribution in [1.29, 1.82) is 0 Å². The van der Waals surface area contributed by atoms with Gasteiger partial charge < -0.3 is 5.73 Å². The Bertz CT molecular complexity index is 445. The summed E-state index contributed by atoms with van der Waals surface area (Å²) >= 11 is 5.86. The Morgan fingerprint density at radius 2 is 2.29 bits per heavy atom. The van der Waals surface area contributed by atoms with E-state index < -0.39 is 0 Å². The van der Waals surface area contributed by atoms with Crippen molar-refractivity contribution in [3.8, 4) is 5.82 Å². The van der Waals surface area contributed by atoms with Crippen LogP contribution in [0.15, 0.2) is 18.7 Å². The molecule has 5 nitrogen and oxygen atoms in total. The first-order valence-electron chi connectivity index (χ1n) is 3.96. The fraction of sp³-hybridized carbons (Fsp3) is 0.125. The number of halogens is 1. The van der Waals surface area contributed by atoms with Gasteiger partial charge in [0, 0.05) is 0 Å². The molecule has 0 saturated heterocycles. The molecule has 0 atom stereocenters. The monoisotopic (exact) mass is 209 g/mol. The van der Waals surface area contributed by atoms with E-state index in [1.54, 1.807) is 6.20 Å². The van der Waals surface area contributed by atoms with Crippen LogP contribution in [0.3, 0.4) is 0 Å². The summed E-state index contributed by atoms with van der Waals surface area (Å²) in [6, 6.07) is 0. The van der Waals surface area contributed by atoms with Crippen LogP contribution in [0.4, 0.5) is 5.69 Å². The van der Waals surface area contributed by atoms with Crippen molar-refractivity contribution >= 4 is 17.3 Å². The van der Waals surface area contributed by atoms with Crippen molar-refractivity contribution in [3.05, 3.63) is 29.4 Å². The number of aryl methyl sites for hydroxylation is 1. The van der Waals surface area contributed by atoms with Gasteiger partial charge in [0.15, 0.2) is 5.82 Å². The molecule has 2 rings (SSSR count). The van der Waals surface area contributed by atoms with Gasteiger partial charge in [-0.1, -0.05) is 11.6 Å². The van der Waals surface area contributed by atoms with Gasteiger partial charge in [0.25, 0.3) is 0 Å². The molecule has 72 valence electrons. The van der Waals surface area contributed by atoms with Crippen LogP contribution in [0.1, 0.15) is 5.69 Å². The summed E-state index contributed by atoms with van der Waals surface area (Å²) in [5, 5.41) is 4.74. The lowest BCUT2D eigenvalue weighted by Crippen LogP contribution is -2.03. The molecule has 2 aromatic rings. The van der Waals surface area contributed by atoms with Gasteiger partial charge >= 0.3 is 0 Å². The van der Waals surface area contributed by atoms with Gasteiger partial charge in [-0.3, -0.25) is 0 Å². The molecule has 14 heavy (non-hydrogen) atoms. The Morgan fingerprint density at radius 1 is 1.50 bits per heavy atom. The van der Waals surface area contributed by atoms with Gasteiger partial charge in [-0.05, 0) is 6.92 Å². The molecular weight excluding hydrogens is 202 g/mol. The minimum absolute atomic E-state index is 0.465. The zero-order chi connectivity index (χ0) is 10.1. The molecule has 0 bridgehead atoms. The number of nitrogens with zero attached hydrogens (tertiary/aromatic N) is 4. The van der Waals surface area contributed by atoms with Crippen LogP contribution in [0.5, 0.6) is 0 Å². The summed E-state index contributed by atoms with van der Waals surface area (Å²) in [7, 11) is 0. The third-order valence-electron chi connectivity index (χ3n) is 1.77. The lowest BCUT2D eigenvalue weighted by molar-refractivity contribution is 0.829. The standard InChI is InChI=1S/C8H8ClN5/c1-5-6(9)3-14(13-5)8-7(10)2-11-4-12-8/h2-4H,10H2,1H3. The number of nitrogens with two attached hydrogens (primary N) is 1. The van der Waals surface area contributed by atoms with E-state index in [1.165, 1.54) is 17.2 Å². The third-order valence-corrected chi connectivity index (χ3v) is 2.15. The van der Waals surface area contributed by atoms with Gasteiger partial charge in [0.05, 0.1) is 28.8 Å². The molecule has 2 N–H and O–H groups in total. The van der Waals surface area contributed by atoms with Gasteiger partial charge in [0.1, 0.15) is 6.33 Å². The van der Waals surface area contributed by atoms with E-state index in [9.17, 15) is 0 Å². The molecule has 0 aliphatic heterocycles. The van der Waals surface area contributed by atoms with Crippen LogP contribution in [-0.4, -0.2) is 19.7 Å². The van der Waals surface area contributed by atoms with E-state index in [2.05, 4.69) is 15.1 Å². The topological polar surface area (TPSA) is 69.6 Å². The van der Waals surface area contributed by atoms with E-state index in [1.807, 2.05) is 6.92 Å². The number of anilines is 1. The maximum atomic E-state index is 5.86. The first-order valence-corrected chi connectivity index (χ1v) is 4.34.